The minimum absolute atomic E-state index is 0.435. The molecule has 0 aromatic heterocycles. The predicted octanol–water partition coefficient (Wildman–Crippen LogP) is 1.83. The molecule has 0 saturated carbocycles. The van der Waals surface area contributed by atoms with E-state index in [1.807, 2.05) is 6.92 Å². The first-order valence-corrected chi connectivity index (χ1v) is 5.14. The van der Waals surface area contributed by atoms with Gasteiger partial charge in [-0.2, -0.15) is 0 Å². The molecule has 0 amide bonds. The first-order chi connectivity index (χ1) is 4.70. The maximum Gasteiger partial charge on any atom is 0.252 e. The number of allylic oxidation sites excluding steroid dienone is 2. The fourth-order valence-corrected chi connectivity index (χ4v) is 2.15. The monoisotopic (exact) mass is 156 g/mol. The summed E-state index contributed by atoms with van der Waals surface area (Å²) in [6.07, 6.45) is 7.82. The van der Waals surface area contributed by atoms with Crippen LogP contribution in [0.1, 0.15) is 6.92 Å². The van der Waals surface area contributed by atoms with Gasteiger partial charge in [-0.15, -0.1) is 6.42 Å². The smallest absolute Gasteiger partial charge is 0.252 e. The Bertz CT molecular complexity index is 247. The van der Waals surface area contributed by atoms with Crippen molar-refractivity contribution in [3.05, 3.63) is 11.8 Å². The zero-order chi connectivity index (χ0) is 7.61. The maximum atomic E-state index is 11.4. The van der Waals surface area contributed by atoms with Crippen molar-refractivity contribution in [1.82, 2.24) is 0 Å². The maximum absolute atomic E-state index is 11.4. The van der Waals surface area contributed by atoms with Crippen molar-refractivity contribution >= 4 is 7.37 Å². The molecule has 1 heterocycles. The molecule has 0 aliphatic carbocycles. The summed E-state index contributed by atoms with van der Waals surface area (Å²) < 4.78 is 16.4. The summed E-state index contributed by atoms with van der Waals surface area (Å²) in [5.41, 5.74) is 0. The molecule has 0 saturated heterocycles. The zero-order valence-electron chi connectivity index (χ0n) is 5.83. The van der Waals surface area contributed by atoms with Crippen molar-refractivity contribution in [3.8, 4) is 12.3 Å². The van der Waals surface area contributed by atoms with Crippen LogP contribution in [0.5, 0.6) is 0 Å². The first-order valence-electron chi connectivity index (χ1n) is 3.14. The minimum atomic E-state index is -2.36. The van der Waals surface area contributed by atoms with Crippen molar-refractivity contribution < 1.29 is 9.09 Å². The highest BCUT2D eigenvalue weighted by atomic mass is 31.2. The van der Waals surface area contributed by atoms with Gasteiger partial charge in [-0.05, 0) is 12.0 Å². The van der Waals surface area contributed by atoms with E-state index in [1.54, 1.807) is 6.08 Å². The molecule has 1 rings (SSSR count). The van der Waals surface area contributed by atoms with Crippen molar-refractivity contribution in [2.75, 3.05) is 12.3 Å². The number of hydrogen-bond donors (Lipinski definition) is 0. The number of terminal acetylenes is 1. The Balaban J connectivity index is 2.70. The van der Waals surface area contributed by atoms with E-state index in [4.69, 9.17) is 10.9 Å². The van der Waals surface area contributed by atoms with Gasteiger partial charge in [0.2, 0.25) is 0 Å². The highest BCUT2D eigenvalue weighted by Gasteiger charge is 2.26. The van der Waals surface area contributed by atoms with Crippen LogP contribution < -0.4 is 0 Å². The lowest BCUT2D eigenvalue weighted by Gasteiger charge is -2.07. The van der Waals surface area contributed by atoms with E-state index in [1.165, 1.54) is 0 Å². The Kier molecular flexibility index (Phi) is 1.87. The SMILES string of the molecule is C#CC1=CCP(=O)(CC)O1. The van der Waals surface area contributed by atoms with Gasteiger partial charge in [-0.1, -0.05) is 6.92 Å². The van der Waals surface area contributed by atoms with Crippen LogP contribution in [0, 0.1) is 12.3 Å². The Labute approximate surface area is 60.7 Å². The van der Waals surface area contributed by atoms with Gasteiger partial charge >= 0.3 is 0 Å². The van der Waals surface area contributed by atoms with Gasteiger partial charge in [0.05, 0.1) is 6.16 Å². The van der Waals surface area contributed by atoms with Gasteiger partial charge in [0, 0.05) is 6.16 Å². The van der Waals surface area contributed by atoms with Crippen molar-refractivity contribution in [3.63, 3.8) is 0 Å². The molecule has 0 aromatic rings. The summed E-state index contributed by atoms with van der Waals surface area (Å²) in [7, 11) is -2.36. The largest absolute Gasteiger partial charge is 0.434 e. The molecule has 54 valence electrons. The van der Waals surface area contributed by atoms with Gasteiger partial charge in [0.25, 0.3) is 7.37 Å². The average Bonchev–Trinajstić information content (AvgIpc) is 2.33. The third kappa shape index (κ3) is 1.25. The molecule has 0 aromatic carbocycles. The van der Waals surface area contributed by atoms with Crippen LogP contribution in [0.2, 0.25) is 0 Å². The first kappa shape index (κ1) is 7.44. The van der Waals surface area contributed by atoms with E-state index in [2.05, 4.69) is 5.92 Å². The second-order valence-electron chi connectivity index (χ2n) is 2.12. The third-order valence-corrected chi connectivity index (χ3v) is 3.68. The van der Waals surface area contributed by atoms with Gasteiger partial charge < -0.3 is 4.52 Å². The normalized spacial score (nSPS) is 30.6. The molecule has 1 atom stereocenters. The van der Waals surface area contributed by atoms with Crippen molar-refractivity contribution in [1.29, 1.82) is 0 Å². The molecular formula is C7H9O2P. The molecule has 0 N–H and O–H groups in total. The van der Waals surface area contributed by atoms with Crippen LogP contribution in [0.4, 0.5) is 0 Å². The van der Waals surface area contributed by atoms with Crippen LogP contribution in [-0.2, 0) is 9.09 Å². The lowest BCUT2D eigenvalue weighted by atomic mass is 10.5. The summed E-state index contributed by atoms with van der Waals surface area (Å²) >= 11 is 0. The Morgan fingerprint density at radius 2 is 2.70 bits per heavy atom. The van der Waals surface area contributed by atoms with Crippen molar-refractivity contribution in [2.45, 2.75) is 6.92 Å². The lowest BCUT2D eigenvalue weighted by molar-refractivity contribution is 0.436. The topological polar surface area (TPSA) is 26.3 Å². The van der Waals surface area contributed by atoms with Crippen LogP contribution in [-0.4, -0.2) is 12.3 Å². The van der Waals surface area contributed by atoms with Gasteiger partial charge in [-0.3, -0.25) is 4.57 Å². The summed E-state index contributed by atoms with van der Waals surface area (Å²) in [6, 6.07) is 0. The minimum Gasteiger partial charge on any atom is -0.434 e. The summed E-state index contributed by atoms with van der Waals surface area (Å²) in [5, 5.41) is 0. The molecule has 2 nitrogen and oxygen atoms in total. The predicted molar refractivity (Wildman–Crippen MR) is 41.0 cm³/mol. The highest BCUT2D eigenvalue weighted by Crippen LogP contribution is 2.52. The van der Waals surface area contributed by atoms with Gasteiger partial charge in [-0.25, -0.2) is 0 Å². The fourth-order valence-electron chi connectivity index (χ4n) is 0.755. The Morgan fingerprint density at radius 1 is 2.00 bits per heavy atom. The molecule has 10 heavy (non-hydrogen) atoms. The number of rotatable bonds is 1. The van der Waals surface area contributed by atoms with E-state index in [-0.39, 0.29) is 0 Å². The van der Waals surface area contributed by atoms with Gasteiger partial charge in [0.15, 0.2) is 5.76 Å². The van der Waals surface area contributed by atoms with Gasteiger partial charge in [0.1, 0.15) is 0 Å². The summed E-state index contributed by atoms with van der Waals surface area (Å²) in [4.78, 5) is 0. The average molecular weight is 156 g/mol. The molecule has 3 heteroatoms. The highest BCUT2D eigenvalue weighted by molar-refractivity contribution is 7.59. The molecule has 0 spiro atoms. The van der Waals surface area contributed by atoms with Crippen LogP contribution in [0.3, 0.4) is 0 Å². The fraction of sp³-hybridized carbons (Fsp3) is 0.429. The second kappa shape index (κ2) is 2.52. The third-order valence-electron chi connectivity index (χ3n) is 1.44. The summed E-state index contributed by atoms with van der Waals surface area (Å²) in [5.74, 6) is 2.76. The van der Waals surface area contributed by atoms with E-state index in [9.17, 15) is 4.57 Å². The zero-order valence-corrected chi connectivity index (χ0v) is 6.73. The molecule has 1 aliphatic heterocycles. The van der Waals surface area contributed by atoms with Crippen LogP contribution in [0.25, 0.3) is 0 Å². The van der Waals surface area contributed by atoms with Crippen LogP contribution in [0.15, 0.2) is 11.8 Å². The van der Waals surface area contributed by atoms with E-state index in [0.29, 0.717) is 18.1 Å². The lowest BCUT2D eigenvalue weighted by Crippen LogP contribution is -1.85. The molecule has 1 aliphatic rings. The van der Waals surface area contributed by atoms with E-state index < -0.39 is 7.37 Å². The molecule has 0 fully saturated rings. The quantitative estimate of drug-likeness (QED) is 0.427. The van der Waals surface area contributed by atoms with Crippen molar-refractivity contribution in [2.24, 2.45) is 0 Å². The molecule has 0 bridgehead atoms. The van der Waals surface area contributed by atoms with Crippen LogP contribution >= 0.6 is 7.37 Å². The molecule has 1 unspecified atom stereocenters. The molecular weight excluding hydrogens is 147 g/mol. The standard InChI is InChI=1S/C7H9O2P/c1-3-7-5-6-10(8,4-2)9-7/h1,5H,4,6H2,2H3. The van der Waals surface area contributed by atoms with E-state index >= 15 is 0 Å². The second-order valence-corrected chi connectivity index (χ2v) is 4.93. The number of hydrogen-bond acceptors (Lipinski definition) is 2. The Hall–Kier alpha value is -0.670. The van der Waals surface area contributed by atoms with E-state index in [0.717, 1.165) is 0 Å². The molecule has 0 radical (unpaired) electrons. The Morgan fingerprint density at radius 3 is 3.00 bits per heavy atom. The summed E-state index contributed by atoms with van der Waals surface area (Å²) in [6.45, 7) is 1.84.